The summed E-state index contributed by atoms with van der Waals surface area (Å²) in [5.74, 6) is 0.682. The fourth-order valence-electron chi connectivity index (χ4n) is 1.84. The van der Waals surface area contributed by atoms with Crippen LogP contribution < -0.4 is 4.74 Å². The molecule has 4 heteroatoms. The third kappa shape index (κ3) is 2.02. The van der Waals surface area contributed by atoms with Crippen molar-refractivity contribution in [3.8, 4) is 5.75 Å². The molecule has 4 nitrogen and oxygen atoms in total. The van der Waals surface area contributed by atoms with Gasteiger partial charge in [0.05, 0.1) is 25.8 Å². The molecule has 0 aromatic heterocycles. The largest absolute Gasteiger partial charge is 0.497 e. The second-order valence-corrected chi connectivity index (χ2v) is 4.39. The highest BCUT2D eigenvalue weighted by Gasteiger charge is 2.39. The standard InChI is InChI=1S/C12H15NO3/c1-12(15)7-13(8-12)11(14)9-3-5-10(16-2)6-4-9/h3-6,15H,7-8H2,1-2H3. The van der Waals surface area contributed by atoms with Gasteiger partial charge in [0.2, 0.25) is 0 Å². The minimum Gasteiger partial charge on any atom is -0.497 e. The van der Waals surface area contributed by atoms with Crippen molar-refractivity contribution < 1.29 is 14.6 Å². The van der Waals surface area contributed by atoms with Crippen molar-refractivity contribution >= 4 is 5.91 Å². The van der Waals surface area contributed by atoms with Gasteiger partial charge >= 0.3 is 0 Å². The Morgan fingerprint density at radius 2 is 1.94 bits per heavy atom. The van der Waals surface area contributed by atoms with E-state index in [0.717, 1.165) is 5.75 Å². The summed E-state index contributed by atoms with van der Waals surface area (Å²) in [7, 11) is 1.59. The maximum Gasteiger partial charge on any atom is 0.254 e. The van der Waals surface area contributed by atoms with Crippen LogP contribution in [-0.2, 0) is 0 Å². The van der Waals surface area contributed by atoms with E-state index >= 15 is 0 Å². The molecule has 0 unspecified atom stereocenters. The molecule has 0 radical (unpaired) electrons. The molecule has 1 aromatic rings. The van der Waals surface area contributed by atoms with Crippen LogP contribution in [0.3, 0.4) is 0 Å². The van der Waals surface area contributed by atoms with Crippen molar-refractivity contribution in [2.75, 3.05) is 20.2 Å². The van der Waals surface area contributed by atoms with Crippen molar-refractivity contribution in [3.63, 3.8) is 0 Å². The van der Waals surface area contributed by atoms with Crippen LogP contribution in [0.5, 0.6) is 5.75 Å². The number of amides is 1. The monoisotopic (exact) mass is 221 g/mol. The molecule has 0 saturated carbocycles. The van der Waals surface area contributed by atoms with E-state index in [1.807, 2.05) is 0 Å². The number of ether oxygens (including phenoxy) is 1. The molecule has 1 aliphatic rings. The summed E-state index contributed by atoms with van der Waals surface area (Å²) in [5.41, 5.74) is -0.0985. The van der Waals surface area contributed by atoms with Gasteiger partial charge in [-0.05, 0) is 31.2 Å². The Balaban J connectivity index is 2.05. The summed E-state index contributed by atoms with van der Waals surface area (Å²) < 4.78 is 5.02. The van der Waals surface area contributed by atoms with E-state index < -0.39 is 5.60 Å². The number of carbonyl (C=O) groups is 1. The van der Waals surface area contributed by atoms with Crippen LogP contribution in [0.15, 0.2) is 24.3 Å². The van der Waals surface area contributed by atoms with E-state index in [9.17, 15) is 9.90 Å². The lowest BCUT2D eigenvalue weighted by Gasteiger charge is -2.44. The van der Waals surface area contributed by atoms with Gasteiger partial charge in [-0.15, -0.1) is 0 Å². The third-order valence-electron chi connectivity index (χ3n) is 2.69. The van der Waals surface area contributed by atoms with Crippen LogP contribution in [0.2, 0.25) is 0 Å². The number of carbonyl (C=O) groups excluding carboxylic acids is 1. The van der Waals surface area contributed by atoms with Crippen LogP contribution >= 0.6 is 0 Å². The number of methoxy groups -OCH3 is 1. The zero-order chi connectivity index (χ0) is 11.8. The van der Waals surface area contributed by atoms with Crippen LogP contribution in [0, 0.1) is 0 Å². The van der Waals surface area contributed by atoms with E-state index in [-0.39, 0.29) is 5.91 Å². The van der Waals surface area contributed by atoms with Gasteiger partial charge in [0.15, 0.2) is 0 Å². The number of nitrogens with zero attached hydrogens (tertiary/aromatic N) is 1. The fourth-order valence-corrected chi connectivity index (χ4v) is 1.84. The average Bonchev–Trinajstić information content (AvgIpc) is 2.25. The molecule has 0 aliphatic carbocycles. The van der Waals surface area contributed by atoms with Crippen molar-refractivity contribution in [2.24, 2.45) is 0 Å². The number of hydrogen-bond donors (Lipinski definition) is 1. The van der Waals surface area contributed by atoms with E-state index in [1.54, 1.807) is 43.2 Å². The molecule has 1 saturated heterocycles. The molecule has 0 spiro atoms. The summed E-state index contributed by atoms with van der Waals surface area (Å²) in [5, 5.41) is 9.55. The van der Waals surface area contributed by atoms with Crippen molar-refractivity contribution in [1.82, 2.24) is 4.90 Å². The summed E-state index contributed by atoms with van der Waals surface area (Å²) in [4.78, 5) is 13.5. The predicted octanol–water partition coefficient (Wildman–Crippen LogP) is 0.902. The van der Waals surface area contributed by atoms with Gasteiger partial charge in [0, 0.05) is 5.56 Å². The van der Waals surface area contributed by atoms with Crippen LogP contribution in [-0.4, -0.2) is 41.7 Å². The minimum atomic E-state index is -0.720. The summed E-state index contributed by atoms with van der Waals surface area (Å²) in [6, 6.07) is 6.97. The van der Waals surface area contributed by atoms with Gasteiger partial charge in [0.25, 0.3) is 5.91 Å². The Labute approximate surface area is 94.4 Å². The van der Waals surface area contributed by atoms with Crippen LogP contribution in [0.1, 0.15) is 17.3 Å². The number of likely N-dealkylation sites (tertiary alicyclic amines) is 1. The number of rotatable bonds is 2. The Kier molecular flexibility index (Phi) is 2.59. The molecule has 1 heterocycles. The lowest BCUT2D eigenvalue weighted by molar-refractivity contribution is -0.0668. The van der Waals surface area contributed by atoms with Gasteiger partial charge in [-0.3, -0.25) is 4.79 Å². The minimum absolute atomic E-state index is 0.0471. The maximum absolute atomic E-state index is 11.9. The van der Waals surface area contributed by atoms with Gasteiger partial charge in [-0.2, -0.15) is 0 Å². The predicted molar refractivity (Wildman–Crippen MR) is 59.5 cm³/mol. The van der Waals surface area contributed by atoms with E-state index in [1.165, 1.54) is 0 Å². The third-order valence-corrected chi connectivity index (χ3v) is 2.69. The van der Waals surface area contributed by atoms with E-state index in [4.69, 9.17) is 4.74 Å². The average molecular weight is 221 g/mol. The molecule has 0 bridgehead atoms. The Bertz CT molecular complexity index is 389. The first-order valence-electron chi connectivity index (χ1n) is 5.17. The molecule has 1 aromatic carbocycles. The van der Waals surface area contributed by atoms with Crippen molar-refractivity contribution in [2.45, 2.75) is 12.5 Å². The Morgan fingerprint density at radius 1 is 1.38 bits per heavy atom. The van der Waals surface area contributed by atoms with Crippen molar-refractivity contribution in [1.29, 1.82) is 0 Å². The van der Waals surface area contributed by atoms with Crippen LogP contribution in [0.4, 0.5) is 0 Å². The fraction of sp³-hybridized carbons (Fsp3) is 0.417. The topological polar surface area (TPSA) is 49.8 Å². The molecule has 16 heavy (non-hydrogen) atoms. The van der Waals surface area contributed by atoms with E-state index in [2.05, 4.69) is 0 Å². The number of hydrogen-bond acceptors (Lipinski definition) is 3. The maximum atomic E-state index is 11.9. The second-order valence-electron chi connectivity index (χ2n) is 4.39. The van der Waals surface area contributed by atoms with Gasteiger partial charge in [0.1, 0.15) is 5.75 Å². The molecule has 2 rings (SSSR count). The smallest absolute Gasteiger partial charge is 0.254 e. The zero-order valence-corrected chi connectivity index (χ0v) is 9.43. The number of β-amino-alcohol motifs (C(OH)–C–C–N with tert-alkyl or cyclic N) is 1. The number of benzene rings is 1. The SMILES string of the molecule is COc1ccc(C(=O)N2CC(C)(O)C2)cc1. The highest BCUT2D eigenvalue weighted by Crippen LogP contribution is 2.22. The normalized spacial score (nSPS) is 17.8. The quantitative estimate of drug-likeness (QED) is 0.807. The molecule has 1 amide bonds. The summed E-state index contributed by atoms with van der Waals surface area (Å²) in [6.45, 7) is 2.53. The first-order valence-corrected chi connectivity index (χ1v) is 5.17. The molecular weight excluding hydrogens is 206 g/mol. The first kappa shape index (κ1) is 11.0. The Hall–Kier alpha value is -1.55. The lowest BCUT2D eigenvalue weighted by atomic mass is 9.96. The Morgan fingerprint density at radius 3 is 2.38 bits per heavy atom. The summed E-state index contributed by atoms with van der Waals surface area (Å²) in [6.07, 6.45) is 0. The zero-order valence-electron chi connectivity index (χ0n) is 9.43. The lowest BCUT2D eigenvalue weighted by Crippen LogP contribution is -2.61. The molecule has 1 fully saturated rings. The molecular formula is C12H15NO3. The van der Waals surface area contributed by atoms with Crippen molar-refractivity contribution in [3.05, 3.63) is 29.8 Å². The highest BCUT2D eigenvalue weighted by molar-refractivity contribution is 5.95. The van der Waals surface area contributed by atoms with Gasteiger partial charge in [-0.25, -0.2) is 0 Å². The number of aliphatic hydroxyl groups is 1. The molecule has 1 aliphatic heterocycles. The highest BCUT2D eigenvalue weighted by atomic mass is 16.5. The molecule has 0 atom stereocenters. The molecule has 86 valence electrons. The summed E-state index contributed by atoms with van der Waals surface area (Å²) >= 11 is 0. The molecule has 1 N–H and O–H groups in total. The second kappa shape index (κ2) is 3.79. The first-order chi connectivity index (χ1) is 7.52. The van der Waals surface area contributed by atoms with Crippen LogP contribution in [0.25, 0.3) is 0 Å². The van der Waals surface area contributed by atoms with Gasteiger partial charge < -0.3 is 14.7 Å². The van der Waals surface area contributed by atoms with Gasteiger partial charge in [-0.1, -0.05) is 0 Å². The van der Waals surface area contributed by atoms with E-state index in [0.29, 0.717) is 18.7 Å².